The lowest BCUT2D eigenvalue weighted by atomic mass is 10.0. The van der Waals surface area contributed by atoms with Gasteiger partial charge in [-0.2, -0.15) is 0 Å². The predicted octanol–water partition coefficient (Wildman–Crippen LogP) is 3.26. The largest absolute Gasteiger partial charge is 0.304 e. The standard InChI is InChI=1S/C10H9BrF3N/c11-8-2-1-6(12)3-7(8)9-4-10(13,14)5-15-9/h1-3,9,15H,4-5H2/t9-/m1/s1. The fourth-order valence-corrected chi connectivity index (χ4v) is 2.24. The molecule has 1 N–H and O–H groups in total. The molecule has 0 amide bonds. The molecule has 0 bridgehead atoms. The van der Waals surface area contributed by atoms with Crippen molar-refractivity contribution in [1.82, 2.24) is 5.32 Å². The summed E-state index contributed by atoms with van der Waals surface area (Å²) >= 11 is 3.23. The van der Waals surface area contributed by atoms with E-state index in [9.17, 15) is 13.2 Å². The second-order valence-corrected chi connectivity index (χ2v) is 4.51. The Morgan fingerprint density at radius 2 is 2.13 bits per heavy atom. The summed E-state index contributed by atoms with van der Waals surface area (Å²) < 4.78 is 39.5. The van der Waals surface area contributed by atoms with Gasteiger partial charge in [-0.15, -0.1) is 0 Å². The zero-order valence-corrected chi connectivity index (χ0v) is 9.32. The highest BCUT2D eigenvalue weighted by molar-refractivity contribution is 9.10. The van der Waals surface area contributed by atoms with E-state index < -0.39 is 17.8 Å². The van der Waals surface area contributed by atoms with Crippen molar-refractivity contribution in [3.8, 4) is 0 Å². The molecule has 0 spiro atoms. The van der Waals surface area contributed by atoms with Gasteiger partial charge in [0.25, 0.3) is 5.92 Å². The Hall–Kier alpha value is -0.550. The second kappa shape index (κ2) is 3.79. The van der Waals surface area contributed by atoms with Gasteiger partial charge in [0.05, 0.1) is 6.54 Å². The molecule has 1 atom stereocenters. The average molecular weight is 280 g/mol. The van der Waals surface area contributed by atoms with E-state index in [4.69, 9.17) is 0 Å². The maximum Gasteiger partial charge on any atom is 0.262 e. The zero-order chi connectivity index (χ0) is 11.1. The van der Waals surface area contributed by atoms with Gasteiger partial charge >= 0.3 is 0 Å². The Morgan fingerprint density at radius 3 is 2.73 bits per heavy atom. The van der Waals surface area contributed by atoms with E-state index in [0.29, 0.717) is 10.0 Å². The van der Waals surface area contributed by atoms with Crippen LogP contribution in [0, 0.1) is 5.82 Å². The smallest absolute Gasteiger partial charge is 0.262 e. The van der Waals surface area contributed by atoms with Gasteiger partial charge in [-0.05, 0) is 23.8 Å². The molecule has 1 saturated heterocycles. The summed E-state index contributed by atoms with van der Waals surface area (Å²) in [5.74, 6) is -3.11. The highest BCUT2D eigenvalue weighted by Gasteiger charge is 2.40. The summed E-state index contributed by atoms with van der Waals surface area (Å²) in [5.41, 5.74) is 0.548. The molecule has 0 unspecified atom stereocenters. The molecule has 2 rings (SSSR count). The average Bonchev–Trinajstić information content (AvgIpc) is 2.50. The molecule has 1 aromatic carbocycles. The minimum absolute atomic E-state index is 0.283. The first-order chi connectivity index (χ1) is 6.98. The fourth-order valence-electron chi connectivity index (χ4n) is 1.72. The van der Waals surface area contributed by atoms with Gasteiger partial charge < -0.3 is 5.32 Å². The topological polar surface area (TPSA) is 12.0 Å². The van der Waals surface area contributed by atoms with Gasteiger partial charge in [0.2, 0.25) is 0 Å². The zero-order valence-electron chi connectivity index (χ0n) is 7.74. The molecule has 1 fully saturated rings. The van der Waals surface area contributed by atoms with Gasteiger partial charge in [-0.3, -0.25) is 0 Å². The first-order valence-corrected chi connectivity index (χ1v) is 5.33. The summed E-state index contributed by atoms with van der Waals surface area (Å²) in [6.07, 6.45) is -0.283. The van der Waals surface area contributed by atoms with Gasteiger partial charge in [-0.25, -0.2) is 13.2 Å². The molecule has 0 aliphatic carbocycles. The SMILES string of the molecule is Fc1ccc(Br)c([C@H]2CC(F)(F)CN2)c1. The van der Waals surface area contributed by atoms with Crippen molar-refractivity contribution in [1.29, 1.82) is 0 Å². The van der Waals surface area contributed by atoms with Crippen molar-refractivity contribution in [2.24, 2.45) is 0 Å². The number of hydrogen-bond donors (Lipinski definition) is 1. The van der Waals surface area contributed by atoms with Crippen molar-refractivity contribution in [3.05, 3.63) is 34.1 Å². The summed E-state index contributed by atoms with van der Waals surface area (Å²) in [6, 6.07) is 3.62. The minimum Gasteiger partial charge on any atom is -0.304 e. The normalized spacial score (nSPS) is 24.4. The van der Waals surface area contributed by atoms with Crippen molar-refractivity contribution in [3.63, 3.8) is 0 Å². The van der Waals surface area contributed by atoms with Crippen LogP contribution in [0.15, 0.2) is 22.7 Å². The molecular formula is C10H9BrF3N. The lowest BCUT2D eigenvalue weighted by molar-refractivity contribution is 0.0210. The van der Waals surface area contributed by atoms with Crippen LogP contribution in [-0.2, 0) is 0 Å². The Bertz CT molecular complexity index is 381. The van der Waals surface area contributed by atoms with E-state index in [1.807, 2.05) is 0 Å². The minimum atomic E-state index is -2.70. The highest BCUT2D eigenvalue weighted by atomic mass is 79.9. The molecule has 0 saturated carbocycles. The van der Waals surface area contributed by atoms with Crippen LogP contribution in [0.5, 0.6) is 0 Å². The maximum absolute atomic E-state index is 13.0. The molecule has 1 aromatic rings. The first-order valence-electron chi connectivity index (χ1n) is 4.54. The number of halogens is 4. The molecule has 82 valence electrons. The molecular weight excluding hydrogens is 271 g/mol. The molecule has 1 aliphatic heterocycles. The van der Waals surface area contributed by atoms with Crippen molar-refractivity contribution < 1.29 is 13.2 Å². The Labute approximate surface area is 93.8 Å². The Morgan fingerprint density at radius 1 is 1.40 bits per heavy atom. The monoisotopic (exact) mass is 279 g/mol. The van der Waals surface area contributed by atoms with Crippen LogP contribution in [0.3, 0.4) is 0 Å². The van der Waals surface area contributed by atoms with E-state index in [1.165, 1.54) is 18.2 Å². The van der Waals surface area contributed by atoms with Crippen LogP contribution in [0.4, 0.5) is 13.2 Å². The van der Waals surface area contributed by atoms with Crippen LogP contribution in [0.25, 0.3) is 0 Å². The number of nitrogens with one attached hydrogen (secondary N) is 1. The lowest BCUT2D eigenvalue weighted by Gasteiger charge is -2.12. The van der Waals surface area contributed by atoms with Gasteiger partial charge in [-0.1, -0.05) is 15.9 Å². The predicted molar refractivity (Wildman–Crippen MR) is 54.4 cm³/mol. The van der Waals surface area contributed by atoms with Crippen molar-refractivity contribution in [2.75, 3.05) is 6.54 Å². The number of alkyl halides is 2. The van der Waals surface area contributed by atoms with Crippen LogP contribution >= 0.6 is 15.9 Å². The van der Waals surface area contributed by atoms with Crippen LogP contribution < -0.4 is 5.32 Å². The van der Waals surface area contributed by atoms with E-state index in [-0.39, 0.29) is 13.0 Å². The summed E-state index contributed by atoms with van der Waals surface area (Å²) in [7, 11) is 0. The third-order valence-electron chi connectivity index (χ3n) is 2.44. The Kier molecular flexibility index (Phi) is 2.77. The van der Waals surface area contributed by atoms with Gasteiger partial charge in [0.1, 0.15) is 5.82 Å². The van der Waals surface area contributed by atoms with Crippen LogP contribution in [-0.4, -0.2) is 12.5 Å². The molecule has 1 nitrogen and oxygen atoms in total. The van der Waals surface area contributed by atoms with Crippen LogP contribution in [0.1, 0.15) is 18.0 Å². The van der Waals surface area contributed by atoms with Crippen molar-refractivity contribution in [2.45, 2.75) is 18.4 Å². The third-order valence-corrected chi connectivity index (χ3v) is 3.17. The highest BCUT2D eigenvalue weighted by Crippen LogP contribution is 2.36. The number of benzene rings is 1. The third kappa shape index (κ3) is 2.34. The summed E-state index contributed by atoms with van der Waals surface area (Å²) in [5, 5.41) is 2.68. The van der Waals surface area contributed by atoms with E-state index in [0.717, 1.165) is 0 Å². The number of rotatable bonds is 1. The molecule has 1 aliphatic rings. The lowest BCUT2D eigenvalue weighted by Crippen LogP contribution is -2.19. The number of hydrogen-bond acceptors (Lipinski definition) is 1. The first kappa shape index (κ1) is 11.0. The van der Waals surface area contributed by atoms with Gasteiger partial charge in [0, 0.05) is 16.9 Å². The quantitative estimate of drug-likeness (QED) is 0.832. The second-order valence-electron chi connectivity index (χ2n) is 3.66. The molecule has 0 aromatic heterocycles. The van der Waals surface area contributed by atoms with E-state index in [1.54, 1.807) is 0 Å². The summed E-state index contributed by atoms with van der Waals surface area (Å²) in [6.45, 7) is -0.347. The fraction of sp³-hybridized carbons (Fsp3) is 0.400. The molecule has 5 heteroatoms. The summed E-state index contributed by atoms with van der Waals surface area (Å²) in [4.78, 5) is 0. The van der Waals surface area contributed by atoms with E-state index >= 15 is 0 Å². The Balaban J connectivity index is 2.27. The van der Waals surface area contributed by atoms with Crippen LogP contribution in [0.2, 0.25) is 0 Å². The molecule has 1 heterocycles. The van der Waals surface area contributed by atoms with E-state index in [2.05, 4.69) is 21.2 Å². The maximum atomic E-state index is 13.0. The van der Waals surface area contributed by atoms with Gasteiger partial charge in [0.15, 0.2) is 0 Å². The van der Waals surface area contributed by atoms with Crippen molar-refractivity contribution >= 4 is 15.9 Å². The molecule has 15 heavy (non-hydrogen) atoms. The molecule has 0 radical (unpaired) electrons.